The molecule has 0 atom stereocenters. The number of imidazole rings is 1. The molecule has 0 aliphatic carbocycles. The van der Waals surface area contributed by atoms with Crippen molar-refractivity contribution in [3.05, 3.63) is 41.9 Å². The fraction of sp³-hybridized carbons (Fsp3) is 0. The largest absolute Gasteiger partial charge is 0.336 e. The maximum Gasteiger partial charge on any atom is 0.185 e. The van der Waals surface area contributed by atoms with Crippen molar-refractivity contribution in [3.63, 3.8) is 0 Å². The van der Waals surface area contributed by atoms with Gasteiger partial charge in [0.1, 0.15) is 0 Å². The second-order valence-electron chi connectivity index (χ2n) is 2.90. The lowest BCUT2D eigenvalue weighted by atomic mass is 10.1. The molecule has 1 N–H and O–H groups in total. The van der Waals surface area contributed by atoms with Gasteiger partial charge in [0.05, 0.1) is 11.9 Å². The Balaban J connectivity index is 2.53. The second-order valence-corrected chi connectivity index (χ2v) is 2.90. The average Bonchev–Trinajstić information content (AvgIpc) is 2.70. The number of aromatic nitrogens is 2. The van der Waals surface area contributed by atoms with Crippen LogP contribution in [0.25, 0.3) is 11.3 Å². The van der Waals surface area contributed by atoms with Crippen LogP contribution in [0.4, 0.5) is 8.78 Å². The standard InChI is InChI=1S/C10H6F2N2O/c11-7-3-1-2-6(10(7)12)8-4-13-9(5-15)14-8/h1-5H,(H,13,14). The van der Waals surface area contributed by atoms with Gasteiger partial charge in [-0.3, -0.25) is 4.79 Å². The highest BCUT2D eigenvalue weighted by molar-refractivity contribution is 5.71. The number of nitrogens with one attached hydrogen (secondary N) is 1. The highest BCUT2D eigenvalue weighted by Gasteiger charge is 2.11. The quantitative estimate of drug-likeness (QED) is 0.768. The number of benzene rings is 1. The number of aromatic amines is 1. The number of rotatable bonds is 2. The molecule has 0 saturated heterocycles. The van der Waals surface area contributed by atoms with Crippen molar-refractivity contribution in [1.82, 2.24) is 9.97 Å². The summed E-state index contributed by atoms with van der Waals surface area (Å²) in [5.41, 5.74) is 0.324. The third-order valence-electron chi connectivity index (χ3n) is 1.95. The third-order valence-corrected chi connectivity index (χ3v) is 1.95. The van der Waals surface area contributed by atoms with Gasteiger partial charge in [0, 0.05) is 5.56 Å². The molecule has 0 fully saturated rings. The number of carbonyl (C=O) groups is 1. The van der Waals surface area contributed by atoms with E-state index in [0.717, 1.165) is 6.07 Å². The van der Waals surface area contributed by atoms with E-state index < -0.39 is 11.6 Å². The normalized spacial score (nSPS) is 10.3. The Morgan fingerprint density at radius 1 is 1.33 bits per heavy atom. The first-order valence-corrected chi connectivity index (χ1v) is 4.17. The molecular weight excluding hydrogens is 202 g/mol. The minimum atomic E-state index is -0.960. The fourth-order valence-electron chi connectivity index (χ4n) is 1.25. The summed E-state index contributed by atoms with van der Waals surface area (Å²) < 4.78 is 26.2. The molecule has 0 saturated carbocycles. The molecule has 2 aromatic rings. The minimum absolute atomic E-state index is 0.0515. The van der Waals surface area contributed by atoms with Gasteiger partial charge in [-0.25, -0.2) is 13.8 Å². The molecule has 3 nitrogen and oxygen atoms in total. The van der Waals surface area contributed by atoms with E-state index in [-0.39, 0.29) is 17.1 Å². The molecule has 0 unspecified atom stereocenters. The molecule has 2 rings (SSSR count). The van der Waals surface area contributed by atoms with Crippen LogP contribution in [0.2, 0.25) is 0 Å². The Morgan fingerprint density at radius 3 is 2.80 bits per heavy atom. The van der Waals surface area contributed by atoms with E-state index in [1.165, 1.54) is 18.3 Å². The fourth-order valence-corrected chi connectivity index (χ4v) is 1.25. The summed E-state index contributed by atoms with van der Waals surface area (Å²) in [5.74, 6) is -1.82. The highest BCUT2D eigenvalue weighted by atomic mass is 19.2. The lowest BCUT2D eigenvalue weighted by Crippen LogP contribution is -1.89. The number of aldehydes is 1. The van der Waals surface area contributed by atoms with E-state index in [9.17, 15) is 13.6 Å². The van der Waals surface area contributed by atoms with Gasteiger partial charge in [-0.15, -0.1) is 0 Å². The topological polar surface area (TPSA) is 45.8 Å². The van der Waals surface area contributed by atoms with Crippen molar-refractivity contribution in [2.75, 3.05) is 0 Å². The first-order valence-electron chi connectivity index (χ1n) is 4.17. The van der Waals surface area contributed by atoms with Crippen LogP contribution < -0.4 is 0 Å². The van der Waals surface area contributed by atoms with Crippen molar-refractivity contribution < 1.29 is 13.6 Å². The van der Waals surface area contributed by atoms with Crippen LogP contribution in [0.3, 0.4) is 0 Å². The van der Waals surface area contributed by atoms with Gasteiger partial charge in [-0.1, -0.05) is 6.07 Å². The number of halogens is 2. The summed E-state index contributed by atoms with van der Waals surface area (Å²) in [4.78, 5) is 16.6. The van der Waals surface area contributed by atoms with E-state index >= 15 is 0 Å². The molecule has 5 heteroatoms. The van der Waals surface area contributed by atoms with Gasteiger partial charge in [0.2, 0.25) is 0 Å². The van der Waals surface area contributed by atoms with Crippen molar-refractivity contribution >= 4 is 6.29 Å². The zero-order valence-electron chi connectivity index (χ0n) is 7.50. The SMILES string of the molecule is O=Cc1ncc(-c2cccc(F)c2F)[nH]1. The van der Waals surface area contributed by atoms with Crippen LogP contribution in [-0.2, 0) is 0 Å². The van der Waals surface area contributed by atoms with Crippen molar-refractivity contribution in [2.45, 2.75) is 0 Å². The van der Waals surface area contributed by atoms with Crippen LogP contribution in [0.5, 0.6) is 0 Å². The molecule has 76 valence electrons. The number of H-pyrrole nitrogens is 1. The predicted octanol–water partition coefficient (Wildman–Crippen LogP) is 2.17. The first-order chi connectivity index (χ1) is 7.22. The summed E-state index contributed by atoms with van der Waals surface area (Å²) in [6.07, 6.45) is 1.78. The van der Waals surface area contributed by atoms with E-state index in [4.69, 9.17) is 0 Å². The zero-order chi connectivity index (χ0) is 10.8. The number of nitrogens with zero attached hydrogens (tertiary/aromatic N) is 1. The lowest BCUT2D eigenvalue weighted by molar-refractivity contribution is 0.111. The molecule has 0 bridgehead atoms. The van der Waals surface area contributed by atoms with Crippen LogP contribution in [0.15, 0.2) is 24.4 Å². The number of carbonyl (C=O) groups excluding carboxylic acids is 1. The van der Waals surface area contributed by atoms with Gasteiger partial charge in [-0.2, -0.15) is 0 Å². The molecule has 0 aliphatic heterocycles. The maximum absolute atomic E-state index is 13.3. The van der Waals surface area contributed by atoms with Gasteiger partial charge >= 0.3 is 0 Å². The van der Waals surface area contributed by atoms with Crippen LogP contribution in [0, 0.1) is 11.6 Å². The molecule has 1 aromatic heterocycles. The first kappa shape index (κ1) is 9.51. The van der Waals surface area contributed by atoms with Crippen LogP contribution in [-0.4, -0.2) is 16.3 Å². The molecule has 0 amide bonds. The van der Waals surface area contributed by atoms with E-state index in [2.05, 4.69) is 9.97 Å². The van der Waals surface area contributed by atoms with Gasteiger partial charge < -0.3 is 4.98 Å². The maximum atomic E-state index is 13.3. The Morgan fingerprint density at radius 2 is 2.13 bits per heavy atom. The van der Waals surface area contributed by atoms with E-state index in [0.29, 0.717) is 6.29 Å². The summed E-state index contributed by atoms with van der Waals surface area (Å²) in [7, 11) is 0. The van der Waals surface area contributed by atoms with E-state index in [1.54, 1.807) is 0 Å². The molecule has 15 heavy (non-hydrogen) atoms. The predicted molar refractivity (Wildman–Crippen MR) is 49.3 cm³/mol. The highest BCUT2D eigenvalue weighted by Crippen LogP contribution is 2.22. The monoisotopic (exact) mass is 208 g/mol. The van der Waals surface area contributed by atoms with Gasteiger partial charge in [0.15, 0.2) is 23.7 Å². The van der Waals surface area contributed by atoms with E-state index in [1.807, 2.05) is 0 Å². The van der Waals surface area contributed by atoms with Gasteiger partial charge in [-0.05, 0) is 12.1 Å². The summed E-state index contributed by atoms with van der Waals surface area (Å²) in [5, 5.41) is 0. The minimum Gasteiger partial charge on any atom is -0.336 e. The van der Waals surface area contributed by atoms with Crippen molar-refractivity contribution in [1.29, 1.82) is 0 Å². The summed E-state index contributed by atoms with van der Waals surface area (Å²) in [6.45, 7) is 0. The zero-order valence-corrected chi connectivity index (χ0v) is 7.50. The Bertz CT molecular complexity index is 508. The summed E-state index contributed by atoms with van der Waals surface area (Å²) in [6, 6.07) is 3.81. The number of hydrogen-bond donors (Lipinski definition) is 1. The average molecular weight is 208 g/mol. The smallest absolute Gasteiger partial charge is 0.185 e. The summed E-state index contributed by atoms with van der Waals surface area (Å²) >= 11 is 0. The second kappa shape index (κ2) is 3.61. The lowest BCUT2D eigenvalue weighted by Gasteiger charge is -1.99. The molecule has 1 heterocycles. The molecule has 0 radical (unpaired) electrons. The van der Waals surface area contributed by atoms with Crippen molar-refractivity contribution in [3.8, 4) is 11.3 Å². The molecule has 1 aromatic carbocycles. The van der Waals surface area contributed by atoms with Crippen LogP contribution in [0.1, 0.15) is 10.6 Å². The van der Waals surface area contributed by atoms with Crippen LogP contribution >= 0.6 is 0 Å². The van der Waals surface area contributed by atoms with Gasteiger partial charge in [0.25, 0.3) is 0 Å². The Kier molecular flexibility index (Phi) is 2.29. The molecule has 0 spiro atoms. The molecular formula is C10H6F2N2O. The third kappa shape index (κ3) is 1.63. The number of hydrogen-bond acceptors (Lipinski definition) is 2. The Hall–Kier alpha value is -2.04. The van der Waals surface area contributed by atoms with Crippen molar-refractivity contribution in [2.24, 2.45) is 0 Å². The Labute approximate surface area is 83.8 Å². The molecule has 0 aliphatic rings.